The molecule has 3 rings (SSSR count). The van der Waals surface area contributed by atoms with Gasteiger partial charge in [-0.05, 0) is 29.8 Å². The molecule has 1 heterocycles. The Balaban J connectivity index is 2.05. The number of hydrogen-bond donors (Lipinski definition) is 0. The van der Waals surface area contributed by atoms with Crippen molar-refractivity contribution in [2.24, 2.45) is 5.10 Å². The van der Waals surface area contributed by atoms with E-state index in [9.17, 15) is 12.8 Å². The summed E-state index contributed by atoms with van der Waals surface area (Å²) in [7, 11) is -0.617. The summed E-state index contributed by atoms with van der Waals surface area (Å²) in [6, 6.07) is 8.76. The van der Waals surface area contributed by atoms with Gasteiger partial charge in [-0.25, -0.2) is 12.8 Å². The van der Waals surface area contributed by atoms with E-state index in [1.165, 1.54) is 26.4 Å². The van der Waals surface area contributed by atoms with Gasteiger partial charge in [-0.1, -0.05) is 17.7 Å². The lowest BCUT2D eigenvalue weighted by molar-refractivity contribution is 0.373. The normalized spacial score (nSPS) is 17.0. The van der Waals surface area contributed by atoms with Crippen molar-refractivity contribution in [3.63, 3.8) is 0 Å². The van der Waals surface area contributed by atoms with Gasteiger partial charge in [-0.3, -0.25) is 0 Å². The second-order valence-corrected chi connectivity index (χ2v) is 8.32. The molecule has 9 heteroatoms. The highest BCUT2D eigenvalue weighted by Gasteiger charge is 2.35. The number of sulfonamides is 1. The molecule has 0 fully saturated rings. The summed E-state index contributed by atoms with van der Waals surface area (Å²) in [5.41, 5.74) is 1.66. The molecule has 1 aliphatic rings. The average molecular weight is 413 g/mol. The predicted octanol–water partition coefficient (Wildman–Crippen LogP) is 3.61. The van der Waals surface area contributed by atoms with Crippen molar-refractivity contribution in [2.75, 3.05) is 20.5 Å². The maximum absolute atomic E-state index is 13.9. The third kappa shape index (κ3) is 4.01. The van der Waals surface area contributed by atoms with Crippen molar-refractivity contribution < 1.29 is 22.3 Å². The van der Waals surface area contributed by atoms with Crippen LogP contribution in [0.1, 0.15) is 23.6 Å². The van der Waals surface area contributed by atoms with Crippen molar-refractivity contribution in [3.8, 4) is 11.5 Å². The molecule has 0 saturated heterocycles. The van der Waals surface area contributed by atoms with Crippen molar-refractivity contribution in [2.45, 2.75) is 12.5 Å². The minimum atomic E-state index is -3.67. The number of benzene rings is 2. The molecule has 1 atom stereocenters. The standard InChI is InChI=1S/C18H18ClFN2O4S/c1-25-13-6-12(7-14(9-13)26-2)17-10-18(22(21-17)27(3,23)24)11-4-5-15(19)16(20)8-11/h4-9,18H,10H2,1-3H3/t18-/m1/s1. The third-order valence-corrected chi connectivity index (χ3v) is 5.55. The van der Waals surface area contributed by atoms with Crippen LogP contribution in [-0.4, -0.2) is 39.0 Å². The van der Waals surface area contributed by atoms with E-state index in [4.69, 9.17) is 21.1 Å². The quantitative estimate of drug-likeness (QED) is 0.752. The minimum Gasteiger partial charge on any atom is -0.497 e. The zero-order chi connectivity index (χ0) is 19.8. The molecule has 0 aliphatic carbocycles. The van der Waals surface area contributed by atoms with E-state index in [-0.39, 0.29) is 11.4 Å². The molecular formula is C18H18ClFN2O4S. The van der Waals surface area contributed by atoms with Crippen molar-refractivity contribution in [3.05, 3.63) is 58.4 Å². The number of halogens is 2. The van der Waals surface area contributed by atoms with Crippen LogP contribution in [0, 0.1) is 5.82 Å². The summed E-state index contributed by atoms with van der Waals surface area (Å²) >= 11 is 5.74. The molecule has 1 aliphatic heterocycles. The van der Waals surface area contributed by atoms with E-state index >= 15 is 0 Å². The Labute approximate surface area is 162 Å². The van der Waals surface area contributed by atoms with E-state index in [0.717, 1.165) is 10.7 Å². The van der Waals surface area contributed by atoms with Gasteiger partial charge >= 0.3 is 0 Å². The predicted molar refractivity (Wildman–Crippen MR) is 102 cm³/mol. The lowest BCUT2D eigenvalue weighted by atomic mass is 9.99. The topological polar surface area (TPSA) is 68.2 Å². The molecule has 0 amide bonds. The molecule has 27 heavy (non-hydrogen) atoms. The molecule has 0 saturated carbocycles. The summed E-state index contributed by atoms with van der Waals surface area (Å²) in [5, 5.41) is 4.26. The highest BCUT2D eigenvalue weighted by molar-refractivity contribution is 7.88. The summed E-state index contributed by atoms with van der Waals surface area (Å²) in [6.07, 6.45) is 1.33. The van der Waals surface area contributed by atoms with Crippen molar-refractivity contribution in [1.82, 2.24) is 4.41 Å². The van der Waals surface area contributed by atoms with Gasteiger partial charge in [-0.2, -0.15) is 9.52 Å². The van der Waals surface area contributed by atoms with Crippen LogP contribution in [0.3, 0.4) is 0 Å². The van der Waals surface area contributed by atoms with Gasteiger partial charge in [-0.15, -0.1) is 0 Å². The maximum Gasteiger partial charge on any atom is 0.247 e. The van der Waals surface area contributed by atoms with Crippen molar-refractivity contribution >= 4 is 27.3 Å². The summed E-state index contributed by atoms with van der Waals surface area (Å²) < 4.78 is 49.9. The molecule has 0 spiro atoms. The number of methoxy groups -OCH3 is 2. The summed E-state index contributed by atoms with van der Waals surface area (Å²) in [4.78, 5) is 0. The number of nitrogens with zero attached hydrogens (tertiary/aromatic N) is 2. The van der Waals surface area contributed by atoms with Gasteiger partial charge in [0.1, 0.15) is 17.3 Å². The molecule has 144 valence electrons. The van der Waals surface area contributed by atoms with E-state index < -0.39 is 21.9 Å². The van der Waals surface area contributed by atoms with Crippen LogP contribution in [0.15, 0.2) is 41.5 Å². The summed E-state index contributed by atoms with van der Waals surface area (Å²) in [6.45, 7) is 0. The SMILES string of the molecule is COc1cc(OC)cc(C2=NN(S(C)(=O)=O)[C@@H](c3ccc(Cl)c(F)c3)C2)c1. The van der Waals surface area contributed by atoms with Crippen LogP contribution >= 0.6 is 11.6 Å². The number of ether oxygens (including phenoxy) is 2. The number of rotatable bonds is 5. The fraction of sp³-hybridized carbons (Fsp3) is 0.278. The first-order valence-electron chi connectivity index (χ1n) is 7.98. The van der Waals surface area contributed by atoms with Crippen LogP contribution in [0.5, 0.6) is 11.5 Å². The largest absolute Gasteiger partial charge is 0.497 e. The fourth-order valence-electron chi connectivity index (χ4n) is 2.91. The molecule has 2 aromatic carbocycles. The highest BCUT2D eigenvalue weighted by atomic mass is 35.5. The maximum atomic E-state index is 13.9. The van der Waals surface area contributed by atoms with Gasteiger partial charge in [0.15, 0.2) is 0 Å². The van der Waals surface area contributed by atoms with E-state index in [0.29, 0.717) is 28.3 Å². The number of hydrazone groups is 1. The first-order chi connectivity index (χ1) is 12.7. The zero-order valence-corrected chi connectivity index (χ0v) is 16.5. The first-order valence-corrected chi connectivity index (χ1v) is 10.2. The highest BCUT2D eigenvalue weighted by Crippen LogP contribution is 2.37. The lowest BCUT2D eigenvalue weighted by Crippen LogP contribution is -2.26. The molecule has 6 nitrogen and oxygen atoms in total. The smallest absolute Gasteiger partial charge is 0.247 e. The van der Waals surface area contributed by atoms with Crippen LogP contribution < -0.4 is 9.47 Å². The Morgan fingerprint density at radius 2 is 1.78 bits per heavy atom. The van der Waals surface area contributed by atoms with Crippen LogP contribution in [0.2, 0.25) is 5.02 Å². The van der Waals surface area contributed by atoms with E-state index in [1.54, 1.807) is 24.3 Å². The van der Waals surface area contributed by atoms with Crippen LogP contribution in [0.4, 0.5) is 4.39 Å². The Bertz CT molecular complexity index is 988. The Morgan fingerprint density at radius 1 is 1.15 bits per heavy atom. The fourth-order valence-corrected chi connectivity index (χ4v) is 3.93. The summed E-state index contributed by atoms with van der Waals surface area (Å²) in [5.74, 6) is 0.497. The molecule has 0 bridgehead atoms. The lowest BCUT2D eigenvalue weighted by Gasteiger charge is -2.21. The van der Waals surface area contributed by atoms with Gasteiger partial charge in [0.2, 0.25) is 10.0 Å². The van der Waals surface area contributed by atoms with E-state index in [1.807, 2.05) is 0 Å². The number of hydrogen-bond acceptors (Lipinski definition) is 5. The third-order valence-electron chi connectivity index (χ3n) is 4.23. The van der Waals surface area contributed by atoms with Gasteiger partial charge in [0.05, 0.1) is 37.3 Å². The Kier molecular flexibility index (Phi) is 5.30. The Morgan fingerprint density at radius 3 is 2.30 bits per heavy atom. The molecule has 0 unspecified atom stereocenters. The van der Waals surface area contributed by atoms with Crippen LogP contribution in [0.25, 0.3) is 0 Å². The van der Waals surface area contributed by atoms with E-state index in [2.05, 4.69) is 5.10 Å². The molecule has 0 radical (unpaired) electrons. The molecule has 0 aromatic heterocycles. The first kappa shape index (κ1) is 19.4. The molecular weight excluding hydrogens is 395 g/mol. The molecule has 2 aromatic rings. The second-order valence-electron chi connectivity index (χ2n) is 6.08. The second kappa shape index (κ2) is 7.36. The Hall–Kier alpha value is -2.32. The minimum absolute atomic E-state index is 0.0265. The van der Waals surface area contributed by atoms with Crippen molar-refractivity contribution in [1.29, 1.82) is 0 Å². The van der Waals surface area contributed by atoms with Crippen LogP contribution in [-0.2, 0) is 10.0 Å². The monoisotopic (exact) mass is 412 g/mol. The molecule has 0 N–H and O–H groups in total. The van der Waals surface area contributed by atoms with Gasteiger partial charge < -0.3 is 9.47 Å². The van der Waals surface area contributed by atoms with Gasteiger partial charge in [0.25, 0.3) is 0 Å². The van der Waals surface area contributed by atoms with Gasteiger partial charge in [0, 0.05) is 18.1 Å². The zero-order valence-electron chi connectivity index (χ0n) is 14.9. The average Bonchev–Trinajstić information content (AvgIpc) is 3.09.